The van der Waals surface area contributed by atoms with E-state index in [1.807, 2.05) is 42.5 Å². The predicted octanol–water partition coefficient (Wildman–Crippen LogP) is 3.95. The van der Waals surface area contributed by atoms with E-state index in [0.717, 1.165) is 16.8 Å². The van der Waals surface area contributed by atoms with Crippen molar-refractivity contribution in [2.45, 2.75) is 13.0 Å². The Hall–Kier alpha value is -3.65. The van der Waals surface area contributed by atoms with Crippen LogP contribution in [0.5, 0.6) is 0 Å². The monoisotopic (exact) mass is 436 g/mol. The normalized spacial score (nSPS) is 11.5. The zero-order chi connectivity index (χ0) is 21.5. The van der Waals surface area contributed by atoms with Crippen molar-refractivity contribution < 1.29 is 8.94 Å². The van der Waals surface area contributed by atoms with Crippen molar-refractivity contribution in [1.29, 1.82) is 0 Å². The SMILES string of the molecule is CN=C(NCCc1nc(-c2ccc(Cl)cc2)no1)NCc1coc(-c2ccccc2)n1. The summed E-state index contributed by atoms with van der Waals surface area (Å²) in [7, 11) is 1.71. The highest BCUT2D eigenvalue weighted by Gasteiger charge is 2.10. The Morgan fingerprint density at radius 1 is 1.00 bits per heavy atom. The van der Waals surface area contributed by atoms with Gasteiger partial charge >= 0.3 is 0 Å². The molecule has 0 unspecified atom stereocenters. The second-order valence-electron chi connectivity index (χ2n) is 6.63. The van der Waals surface area contributed by atoms with Crippen LogP contribution in [0.4, 0.5) is 0 Å². The molecule has 0 spiro atoms. The number of guanidine groups is 1. The second kappa shape index (κ2) is 9.90. The van der Waals surface area contributed by atoms with Crippen molar-refractivity contribution in [1.82, 2.24) is 25.8 Å². The Morgan fingerprint density at radius 2 is 1.81 bits per heavy atom. The van der Waals surface area contributed by atoms with E-state index in [0.29, 0.717) is 48.1 Å². The molecule has 0 saturated carbocycles. The first-order valence-corrected chi connectivity index (χ1v) is 10.1. The first-order chi connectivity index (χ1) is 15.2. The van der Waals surface area contributed by atoms with E-state index in [1.165, 1.54) is 0 Å². The van der Waals surface area contributed by atoms with Crippen molar-refractivity contribution in [2.75, 3.05) is 13.6 Å². The molecular weight excluding hydrogens is 416 g/mol. The molecule has 2 aromatic heterocycles. The highest BCUT2D eigenvalue weighted by molar-refractivity contribution is 6.30. The van der Waals surface area contributed by atoms with Gasteiger partial charge in [0.15, 0.2) is 5.96 Å². The van der Waals surface area contributed by atoms with E-state index in [-0.39, 0.29) is 0 Å². The molecule has 9 heteroatoms. The summed E-state index contributed by atoms with van der Waals surface area (Å²) >= 11 is 5.91. The number of benzene rings is 2. The number of hydrogen-bond donors (Lipinski definition) is 2. The maximum atomic E-state index is 5.91. The van der Waals surface area contributed by atoms with Crippen LogP contribution >= 0.6 is 11.6 Å². The molecule has 2 aromatic carbocycles. The number of nitrogens with one attached hydrogen (secondary N) is 2. The molecule has 0 aliphatic heterocycles. The summed E-state index contributed by atoms with van der Waals surface area (Å²) in [6, 6.07) is 17.1. The van der Waals surface area contributed by atoms with E-state index in [4.69, 9.17) is 20.5 Å². The lowest BCUT2D eigenvalue weighted by Gasteiger charge is -2.09. The molecule has 0 aliphatic carbocycles. The summed E-state index contributed by atoms with van der Waals surface area (Å²) in [6.07, 6.45) is 2.20. The molecule has 4 aromatic rings. The number of aliphatic imine (C=N–C) groups is 1. The number of rotatable bonds is 7. The molecule has 0 aliphatic rings. The summed E-state index contributed by atoms with van der Waals surface area (Å²) in [5.41, 5.74) is 2.58. The molecule has 0 bridgehead atoms. The minimum Gasteiger partial charge on any atom is -0.444 e. The summed E-state index contributed by atoms with van der Waals surface area (Å²) in [5.74, 6) is 2.31. The Labute approximate surface area is 184 Å². The Balaban J connectivity index is 1.25. The number of halogens is 1. The van der Waals surface area contributed by atoms with Gasteiger partial charge in [-0.15, -0.1) is 0 Å². The third-order valence-electron chi connectivity index (χ3n) is 4.43. The molecule has 0 fully saturated rings. The maximum absolute atomic E-state index is 5.91. The first kappa shape index (κ1) is 20.6. The summed E-state index contributed by atoms with van der Waals surface area (Å²) < 4.78 is 10.9. The zero-order valence-electron chi connectivity index (χ0n) is 16.9. The first-order valence-electron chi connectivity index (χ1n) is 9.74. The van der Waals surface area contributed by atoms with Crippen LogP contribution in [0, 0.1) is 0 Å². The molecule has 0 radical (unpaired) electrons. The summed E-state index contributed by atoms with van der Waals surface area (Å²) in [6.45, 7) is 1.06. The molecule has 0 amide bonds. The maximum Gasteiger partial charge on any atom is 0.228 e. The predicted molar refractivity (Wildman–Crippen MR) is 119 cm³/mol. The molecule has 4 rings (SSSR count). The lowest BCUT2D eigenvalue weighted by molar-refractivity contribution is 0.378. The fourth-order valence-electron chi connectivity index (χ4n) is 2.86. The number of oxazole rings is 1. The van der Waals surface area contributed by atoms with Gasteiger partial charge in [0.1, 0.15) is 6.26 Å². The molecule has 2 heterocycles. The van der Waals surface area contributed by atoms with Gasteiger partial charge in [0.2, 0.25) is 17.6 Å². The van der Waals surface area contributed by atoms with Crippen molar-refractivity contribution in [3.63, 3.8) is 0 Å². The van der Waals surface area contributed by atoms with E-state index < -0.39 is 0 Å². The van der Waals surface area contributed by atoms with E-state index in [9.17, 15) is 0 Å². The minimum atomic E-state index is 0.483. The minimum absolute atomic E-state index is 0.483. The van der Waals surface area contributed by atoms with Gasteiger partial charge in [0, 0.05) is 36.2 Å². The van der Waals surface area contributed by atoms with Gasteiger partial charge in [0.25, 0.3) is 0 Å². The highest BCUT2D eigenvalue weighted by atomic mass is 35.5. The quantitative estimate of drug-likeness (QED) is 0.334. The van der Waals surface area contributed by atoms with Crippen molar-refractivity contribution >= 4 is 17.6 Å². The van der Waals surface area contributed by atoms with Crippen molar-refractivity contribution in [3.8, 4) is 22.8 Å². The van der Waals surface area contributed by atoms with Crippen LogP contribution in [0.25, 0.3) is 22.8 Å². The third-order valence-corrected chi connectivity index (χ3v) is 4.69. The van der Waals surface area contributed by atoms with E-state index in [2.05, 4.69) is 30.8 Å². The van der Waals surface area contributed by atoms with Gasteiger partial charge in [-0.1, -0.05) is 35.0 Å². The number of hydrogen-bond acceptors (Lipinski definition) is 6. The standard InChI is InChI=1S/C22H21ClN6O2/c1-24-22(26-13-18-14-30-21(27-18)16-5-3-2-4-6-16)25-12-11-19-28-20(29-31-19)15-7-9-17(23)10-8-15/h2-10,14H,11-13H2,1H3,(H2,24,25,26). The number of nitrogens with zero attached hydrogens (tertiary/aromatic N) is 4. The topological polar surface area (TPSA) is 101 Å². The van der Waals surface area contributed by atoms with Crippen LogP contribution in [0.15, 0.2) is 74.8 Å². The van der Waals surface area contributed by atoms with Crippen molar-refractivity contribution in [2.24, 2.45) is 4.99 Å². The van der Waals surface area contributed by atoms with Crippen molar-refractivity contribution in [3.05, 3.63) is 77.5 Å². The molecule has 158 valence electrons. The summed E-state index contributed by atoms with van der Waals surface area (Å²) in [4.78, 5) is 13.1. The molecule has 0 atom stereocenters. The van der Waals surface area contributed by atoms with Crippen LogP contribution < -0.4 is 10.6 Å². The van der Waals surface area contributed by atoms with Gasteiger partial charge in [0.05, 0.1) is 12.2 Å². The molecular formula is C22H21ClN6O2. The Bertz CT molecular complexity index is 1140. The van der Waals surface area contributed by atoms with Crippen LogP contribution in [0.2, 0.25) is 5.02 Å². The van der Waals surface area contributed by atoms with Gasteiger partial charge in [-0.25, -0.2) is 4.98 Å². The third kappa shape index (κ3) is 5.49. The highest BCUT2D eigenvalue weighted by Crippen LogP contribution is 2.19. The van der Waals surface area contributed by atoms with E-state index >= 15 is 0 Å². The molecule has 2 N–H and O–H groups in total. The Morgan fingerprint density at radius 3 is 2.58 bits per heavy atom. The fraction of sp³-hybridized carbons (Fsp3) is 0.182. The summed E-state index contributed by atoms with van der Waals surface area (Å²) in [5, 5.41) is 11.1. The second-order valence-corrected chi connectivity index (χ2v) is 7.07. The smallest absolute Gasteiger partial charge is 0.228 e. The van der Waals surface area contributed by atoms with Gasteiger partial charge < -0.3 is 19.6 Å². The Kier molecular flexibility index (Phi) is 6.59. The molecule has 0 saturated heterocycles. The van der Waals surface area contributed by atoms with Gasteiger partial charge in [-0.05, 0) is 36.4 Å². The van der Waals surface area contributed by atoms with Crippen LogP contribution in [0.3, 0.4) is 0 Å². The zero-order valence-corrected chi connectivity index (χ0v) is 17.6. The van der Waals surface area contributed by atoms with Crippen LogP contribution in [0.1, 0.15) is 11.6 Å². The molecule has 31 heavy (non-hydrogen) atoms. The van der Waals surface area contributed by atoms with Gasteiger partial charge in [-0.3, -0.25) is 4.99 Å². The largest absolute Gasteiger partial charge is 0.444 e. The van der Waals surface area contributed by atoms with Crippen LogP contribution in [-0.4, -0.2) is 34.7 Å². The average Bonchev–Trinajstić information content (AvgIpc) is 3.47. The molecule has 8 nitrogen and oxygen atoms in total. The average molecular weight is 437 g/mol. The lowest BCUT2D eigenvalue weighted by Crippen LogP contribution is -2.37. The van der Waals surface area contributed by atoms with Gasteiger partial charge in [-0.2, -0.15) is 4.98 Å². The fourth-order valence-corrected chi connectivity index (χ4v) is 2.98. The van der Waals surface area contributed by atoms with Crippen LogP contribution in [-0.2, 0) is 13.0 Å². The lowest BCUT2D eigenvalue weighted by atomic mass is 10.2. The van der Waals surface area contributed by atoms with E-state index in [1.54, 1.807) is 25.4 Å². The number of aromatic nitrogens is 3.